The highest BCUT2D eigenvalue weighted by atomic mass is 32.2. The summed E-state index contributed by atoms with van der Waals surface area (Å²) in [7, 11) is 0. The van der Waals surface area contributed by atoms with Gasteiger partial charge in [-0.2, -0.15) is 11.8 Å². The van der Waals surface area contributed by atoms with E-state index in [4.69, 9.17) is 4.74 Å². The maximum Gasteiger partial charge on any atom is 0.342 e. The van der Waals surface area contributed by atoms with E-state index in [9.17, 15) is 4.79 Å². The zero-order valence-electron chi connectivity index (χ0n) is 11.9. The average Bonchev–Trinajstić information content (AvgIpc) is 3.18. The lowest BCUT2D eigenvalue weighted by molar-refractivity contribution is -0.135. The quantitative estimate of drug-likeness (QED) is 0.812. The van der Waals surface area contributed by atoms with Gasteiger partial charge in [-0.1, -0.05) is 48.5 Å². The summed E-state index contributed by atoms with van der Waals surface area (Å²) in [5, 5.41) is 0.224. The van der Waals surface area contributed by atoms with Crippen molar-refractivity contribution in [2.24, 2.45) is 4.99 Å². The van der Waals surface area contributed by atoms with Gasteiger partial charge in [-0.05, 0) is 24.1 Å². The number of rotatable bonds is 4. The van der Waals surface area contributed by atoms with Crippen LogP contribution in [0.2, 0.25) is 0 Å². The molecule has 1 aliphatic heterocycles. The highest BCUT2D eigenvalue weighted by molar-refractivity contribution is 7.99. The summed E-state index contributed by atoms with van der Waals surface area (Å²) in [4.78, 5) is 16.8. The molecule has 1 fully saturated rings. The maximum absolute atomic E-state index is 12.2. The zero-order chi connectivity index (χ0) is 15.0. The van der Waals surface area contributed by atoms with Crippen molar-refractivity contribution in [3.8, 4) is 0 Å². The minimum absolute atomic E-state index is 0.197. The fourth-order valence-electron chi connectivity index (χ4n) is 2.65. The van der Waals surface area contributed by atoms with Crippen molar-refractivity contribution in [2.45, 2.75) is 23.0 Å². The van der Waals surface area contributed by atoms with Crippen molar-refractivity contribution < 1.29 is 9.53 Å². The van der Waals surface area contributed by atoms with Crippen molar-refractivity contribution >= 4 is 23.6 Å². The number of ether oxygens (including phenoxy) is 1. The molecule has 1 aliphatic carbocycles. The summed E-state index contributed by atoms with van der Waals surface area (Å²) in [5.74, 6) is 1.17. The summed E-state index contributed by atoms with van der Waals surface area (Å²) in [6.07, 6.45) is 0.777. The van der Waals surface area contributed by atoms with E-state index >= 15 is 0 Å². The molecule has 0 bridgehead atoms. The number of carbonyl (C=O) groups excluding carboxylic acids is 1. The number of cyclic esters (lactones) is 1. The summed E-state index contributed by atoms with van der Waals surface area (Å²) in [5.41, 5.74) is 1.50. The second-order valence-corrected chi connectivity index (χ2v) is 6.78. The van der Waals surface area contributed by atoms with Crippen LogP contribution in [0.4, 0.5) is 0 Å². The summed E-state index contributed by atoms with van der Waals surface area (Å²) >= 11 is 1.78. The Morgan fingerprint density at radius 1 is 1.09 bits per heavy atom. The van der Waals surface area contributed by atoms with E-state index in [1.54, 1.807) is 11.8 Å². The van der Waals surface area contributed by atoms with Crippen molar-refractivity contribution in [3.05, 3.63) is 71.8 Å². The molecule has 22 heavy (non-hydrogen) atoms. The second-order valence-electron chi connectivity index (χ2n) is 5.59. The largest absolute Gasteiger partial charge is 0.405 e. The van der Waals surface area contributed by atoms with Crippen LogP contribution < -0.4 is 0 Å². The molecule has 0 unspecified atom stereocenters. The van der Waals surface area contributed by atoms with Crippen LogP contribution in [0, 0.1) is 0 Å². The third-order valence-electron chi connectivity index (χ3n) is 4.03. The molecule has 1 saturated carbocycles. The lowest BCUT2D eigenvalue weighted by atomic mass is 10.2. The van der Waals surface area contributed by atoms with Crippen LogP contribution in [0.5, 0.6) is 0 Å². The topological polar surface area (TPSA) is 38.7 Å². The van der Waals surface area contributed by atoms with E-state index in [1.807, 2.05) is 48.5 Å². The van der Waals surface area contributed by atoms with E-state index in [0.717, 1.165) is 17.7 Å². The van der Waals surface area contributed by atoms with Gasteiger partial charge in [0, 0.05) is 16.6 Å². The first-order valence-corrected chi connectivity index (χ1v) is 8.36. The number of hydrogen-bond acceptors (Lipinski definition) is 4. The molecule has 0 N–H and O–H groups in total. The highest BCUT2D eigenvalue weighted by Gasteiger charge is 2.65. The molecule has 2 aromatic rings. The van der Waals surface area contributed by atoms with Crippen LogP contribution in [0.25, 0.3) is 0 Å². The molecule has 0 aromatic heterocycles. The molecule has 4 heteroatoms. The predicted molar refractivity (Wildman–Crippen MR) is 87.9 cm³/mol. The molecule has 1 spiro atoms. The zero-order valence-corrected chi connectivity index (χ0v) is 12.8. The smallest absolute Gasteiger partial charge is 0.342 e. The minimum atomic E-state index is -0.634. The Balaban J connectivity index is 1.47. The van der Waals surface area contributed by atoms with Crippen LogP contribution in [0.3, 0.4) is 0 Å². The standard InChI is InChI=1S/C18H15NO2S/c20-17-18(19-16(21-17)14-9-5-2-6-10-14)11-15(18)22-12-13-7-3-1-4-8-13/h1-10,15H,11-12H2/t15-,18-/m1/s1. The van der Waals surface area contributed by atoms with E-state index < -0.39 is 5.54 Å². The van der Waals surface area contributed by atoms with Crippen molar-refractivity contribution in [3.63, 3.8) is 0 Å². The molecule has 2 aromatic carbocycles. The number of thioether (sulfide) groups is 1. The summed E-state index contributed by atoms with van der Waals surface area (Å²) in [6, 6.07) is 19.9. The molecule has 1 heterocycles. The van der Waals surface area contributed by atoms with Crippen LogP contribution in [0.15, 0.2) is 65.7 Å². The fraction of sp³-hybridized carbons (Fsp3) is 0.222. The van der Waals surface area contributed by atoms with Crippen LogP contribution >= 0.6 is 11.8 Å². The fourth-order valence-corrected chi connectivity index (χ4v) is 4.04. The Labute approximate surface area is 133 Å². The van der Waals surface area contributed by atoms with Crippen LogP contribution in [-0.2, 0) is 15.3 Å². The molecule has 4 rings (SSSR count). The molecular weight excluding hydrogens is 294 g/mol. The first kappa shape index (κ1) is 13.6. The van der Waals surface area contributed by atoms with Crippen LogP contribution in [-0.4, -0.2) is 22.7 Å². The van der Waals surface area contributed by atoms with Gasteiger partial charge in [-0.25, -0.2) is 9.79 Å². The molecular formula is C18H15NO2S. The first-order chi connectivity index (χ1) is 10.8. The van der Waals surface area contributed by atoms with Gasteiger partial charge >= 0.3 is 5.97 Å². The second kappa shape index (κ2) is 5.29. The predicted octanol–water partition coefficient (Wildman–Crippen LogP) is 3.43. The summed E-state index contributed by atoms with van der Waals surface area (Å²) < 4.78 is 5.41. The van der Waals surface area contributed by atoms with E-state index in [2.05, 4.69) is 17.1 Å². The Morgan fingerprint density at radius 2 is 1.77 bits per heavy atom. The van der Waals surface area contributed by atoms with Crippen molar-refractivity contribution in [2.75, 3.05) is 0 Å². The molecule has 0 radical (unpaired) electrons. The molecule has 2 aliphatic rings. The maximum atomic E-state index is 12.2. The van der Waals surface area contributed by atoms with Gasteiger partial charge in [-0.15, -0.1) is 0 Å². The van der Waals surface area contributed by atoms with E-state index in [0.29, 0.717) is 5.90 Å². The minimum Gasteiger partial charge on any atom is -0.405 e. The number of nitrogens with zero attached hydrogens (tertiary/aromatic N) is 1. The van der Waals surface area contributed by atoms with Crippen molar-refractivity contribution in [1.29, 1.82) is 0 Å². The number of aliphatic imine (C=N–C) groups is 1. The van der Waals surface area contributed by atoms with E-state index in [1.165, 1.54) is 5.56 Å². The molecule has 110 valence electrons. The number of hydrogen-bond donors (Lipinski definition) is 0. The van der Waals surface area contributed by atoms with Gasteiger partial charge < -0.3 is 4.74 Å². The lowest BCUT2D eigenvalue weighted by Gasteiger charge is -2.02. The highest BCUT2D eigenvalue weighted by Crippen LogP contribution is 2.53. The van der Waals surface area contributed by atoms with Gasteiger partial charge in [0.25, 0.3) is 0 Å². The average molecular weight is 309 g/mol. The normalized spacial score (nSPS) is 25.9. The van der Waals surface area contributed by atoms with Gasteiger partial charge in [0.15, 0.2) is 5.54 Å². The first-order valence-electron chi connectivity index (χ1n) is 7.31. The van der Waals surface area contributed by atoms with Gasteiger partial charge in [0.2, 0.25) is 5.90 Å². The Morgan fingerprint density at radius 3 is 2.50 bits per heavy atom. The van der Waals surface area contributed by atoms with Gasteiger partial charge in [-0.3, -0.25) is 0 Å². The van der Waals surface area contributed by atoms with Crippen molar-refractivity contribution in [1.82, 2.24) is 0 Å². The Kier molecular flexibility index (Phi) is 3.26. The third-order valence-corrected chi connectivity index (χ3v) is 5.49. The number of carbonyl (C=O) groups is 1. The van der Waals surface area contributed by atoms with E-state index in [-0.39, 0.29) is 11.2 Å². The number of esters is 1. The molecule has 2 atom stereocenters. The molecule has 0 amide bonds. The molecule has 3 nitrogen and oxygen atoms in total. The van der Waals surface area contributed by atoms with Gasteiger partial charge in [0.05, 0.1) is 0 Å². The SMILES string of the molecule is O=C1OC(c2ccccc2)=N[C@@]12C[C@H]2SCc1ccccc1. The molecule has 0 saturated heterocycles. The third kappa shape index (κ3) is 2.33. The van der Waals surface area contributed by atoms with Crippen LogP contribution in [0.1, 0.15) is 17.5 Å². The number of benzene rings is 2. The summed E-state index contributed by atoms with van der Waals surface area (Å²) in [6.45, 7) is 0. The Hall–Kier alpha value is -2.07. The Bertz CT molecular complexity index is 729. The monoisotopic (exact) mass is 309 g/mol. The lowest BCUT2D eigenvalue weighted by Crippen LogP contribution is -2.20. The van der Waals surface area contributed by atoms with Gasteiger partial charge in [0.1, 0.15) is 0 Å².